The molecule has 0 atom stereocenters. The monoisotopic (exact) mass is 421 g/mol. The maximum Gasteiger partial charge on any atom is 0.262 e. The zero-order valence-corrected chi connectivity index (χ0v) is 17.0. The molecule has 0 unspecified atom stereocenters. The number of nitrogens with zero attached hydrogens (tertiary/aromatic N) is 2. The fourth-order valence-electron chi connectivity index (χ4n) is 2.43. The van der Waals surface area contributed by atoms with E-state index in [1.807, 2.05) is 6.07 Å². The lowest BCUT2D eigenvalue weighted by molar-refractivity contribution is -0.118. The lowest BCUT2D eigenvalue weighted by atomic mass is 10.2. The van der Waals surface area contributed by atoms with Gasteiger partial charge in [-0.3, -0.25) is 4.79 Å². The fraction of sp³-hybridized carbons (Fsp3) is 0.263. The van der Waals surface area contributed by atoms with Crippen molar-refractivity contribution in [3.63, 3.8) is 0 Å². The standard InChI is InChI=1S/C19H20ClN3O4S/c1-3-23(4-2)28(25,26)16-9-10-17(20)18(11-16)22-19(24)13-27-15-7-5-14(12-21)6-8-15/h5-11H,3-4,13H2,1-2H3,(H,22,24). The van der Waals surface area contributed by atoms with Crippen molar-refractivity contribution in [3.8, 4) is 11.8 Å². The Morgan fingerprint density at radius 3 is 2.39 bits per heavy atom. The average molecular weight is 422 g/mol. The van der Waals surface area contributed by atoms with Gasteiger partial charge in [0.05, 0.1) is 27.2 Å². The first kappa shape index (κ1) is 21.7. The summed E-state index contributed by atoms with van der Waals surface area (Å²) in [5.41, 5.74) is 0.665. The smallest absolute Gasteiger partial charge is 0.262 e. The molecule has 0 aromatic heterocycles. The van der Waals surface area contributed by atoms with Gasteiger partial charge in [0.1, 0.15) is 5.75 Å². The molecule has 0 spiro atoms. The van der Waals surface area contributed by atoms with Crippen molar-refractivity contribution in [1.82, 2.24) is 4.31 Å². The molecule has 2 aromatic rings. The summed E-state index contributed by atoms with van der Waals surface area (Å²) in [6.07, 6.45) is 0. The van der Waals surface area contributed by atoms with Crippen molar-refractivity contribution < 1.29 is 17.9 Å². The average Bonchev–Trinajstić information content (AvgIpc) is 2.69. The Labute approximate surface area is 169 Å². The van der Waals surface area contributed by atoms with Crippen LogP contribution in [0.1, 0.15) is 19.4 Å². The first-order valence-corrected chi connectivity index (χ1v) is 10.4. The van der Waals surface area contributed by atoms with E-state index in [2.05, 4.69) is 5.32 Å². The molecule has 0 fully saturated rings. The lowest BCUT2D eigenvalue weighted by Crippen LogP contribution is -2.30. The zero-order valence-electron chi connectivity index (χ0n) is 15.5. The van der Waals surface area contributed by atoms with Crippen LogP contribution in [0.3, 0.4) is 0 Å². The molecule has 0 aliphatic carbocycles. The summed E-state index contributed by atoms with van der Waals surface area (Å²) in [7, 11) is -3.67. The van der Waals surface area contributed by atoms with Crippen molar-refractivity contribution in [3.05, 3.63) is 53.1 Å². The van der Waals surface area contributed by atoms with Crippen LogP contribution in [0.25, 0.3) is 0 Å². The molecule has 9 heteroatoms. The van der Waals surface area contributed by atoms with Gasteiger partial charge in [0, 0.05) is 13.1 Å². The van der Waals surface area contributed by atoms with Crippen molar-refractivity contribution in [2.24, 2.45) is 0 Å². The molecule has 1 amide bonds. The van der Waals surface area contributed by atoms with Crippen LogP contribution in [-0.2, 0) is 14.8 Å². The van der Waals surface area contributed by atoms with Gasteiger partial charge in [0.25, 0.3) is 5.91 Å². The van der Waals surface area contributed by atoms with E-state index in [4.69, 9.17) is 21.6 Å². The van der Waals surface area contributed by atoms with E-state index >= 15 is 0 Å². The molecule has 1 N–H and O–H groups in total. The van der Waals surface area contributed by atoms with Gasteiger partial charge < -0.3 is 10.1 Å². The van der Waals surface area contributed by atoms with Gasteiger partial charge in [-0.1, -0.05) is 25.4 Å². The Hall–Kier alpha value is -2.60. The highest BCUT2D eigenvalue weighted by Gasteiger charge is 2.22. The second-order valence-corrected chi connectivity index (χ2v) is 8.05. The van der Waals surface area contributed by atoms with E-state index < -0.39 is 15.9 Å². The number of nitrogens with one attached hydrogen (secondary N) is 1. The summed E-state index contributed by atoms with van der Waals surface area (Å²) >= 11 is 6.09. The Bertz CT molecular complexity index is 981. The maximum atomic E-state index is 12.6. The number of carbonyl (C=O) groups is 1. The van der Waals surface area contributed by atoms with E-state index in [1.165, 1.54) is 22.5 Å². The van der Waals surface area contributed by atoms with Gasteiger partial charge in [-0.2, -0.15) is 9.57 Å². The Morgan fingerprint density at radius 1 is 1.18 bits per heavy atom. The topological polar surface area (TPSA) is 99.5 Å². The van der Waals surface area contributed by atoms with Gasteiger partial charge in [0.15, 0.2) is 6.61 Å². The number of sulfonamides is 1. The third-order valence-corrected chi connectivity index (χ3v) is 6.28. The number of hydrogen-bond donors (Lipinski definition) is 1. The van der Waals surface area contributed by atoms with Crippen LogP contribution < -0.4 is 10.1 Å². The first-order chi connectivity index (χ1) is 13.3. The number of anilines is 1. The highest BCUT2D eigenvalue weighted by molar-refractivity contribution is 7.89. The third-order valence-electron chi connectivity index (χ3n) is 3.91. The summed E-state index contributed by atoms with van der Waals surface area (Å²) in [4.78, 5) is 12.2. The predicted molar refractivity (Wildman–Crippen MR) is 107 cm³/mol. The molecule has 0 bridgehead atoms. The normalized spacial score (nSPS) is 11.1. The van der Waals surface area contributed by atoms with Gasteiger partial charge in [-0.25, -0.2) is 8.42 Å². The van der Waals surface area contributed by atoms with Crippen LogP contribution in [0, 0.1) is 11.3 Å². The number of halogens is 1. The summed E-state index contributed by atoms with van der Waals surface area (Å²) < 4.78 is 31.9. The van der Waals surface area contributed by atoms with Crippen molar-refractivity contribution in [2.45, 2.75) is 18.7 Å². The molecule has 2 aromatic carbocycles. The van der Waals surface area contributed by atoms with E-state index in [1.54, 1.807) is 38.1 Å². The highest BCUT2D eigenvalue weighted by Crippen LogP contribution is 2.27. The summed E-state index contributed by atoms with van der Waals surface area (Å²) in [5.74, 6) is -0.0678. The molecule has 2 rings (SSSR count). The van der Waals surface area contributed by atoms with Crippen LogP contribution in [0.5, 0.6) is 5.75 Å². The number of hydrogen-bond acceptors (Lipinski definition) is 5. The van der Waals surface area contributed by atoms with E-state index in [0.717, 1.165) is 0 Å². The molecule has 148 valence electrons. The molecular weight excluding hydrogens is 402 g/mol. The Kier molecular flexibility index (Phi) is 7.40. The number of benzene rings is 2. The molecule has 0 heterocycles. The van der Waals surface area contributed by atoms with Crippen LogP contribution in [0.2, 0.25) is 5.02 Å². The molecule has 0 radical (unpaired) electrons. The van der Waals surface area contributed by atoms with Gasteiger partial charge in [0.2, 0.25) is 10.0 Å². The Balaban J connectivity index is 2.10. The summed E-state index contributed by atoms with van der Waals surface area (Å²) in [5, 5.41) is 11.5. The predicted octanol–water partition coefficient (Wildman–Crippen LogP) is 3.26. The molecular formula is C19H20ClN3O4S. The third kappa shape index (κ3) is 5.23. The number of rotatable bonds is 8. The summed E-state index contributed by atoms with van der Waals surface area (Å²) in [6, 6.07) is 12.5. The number of nitriles is 1. The molecule has 0 saturated heterocycles. The second-order valence-electron chi connectivity index (χ2n) is 5.70. The highest BCUT2D eigenvalue weighted by atomic mass is 35.5. The van der Waals surface area contributed by atoms with E-state index in [-0.39, 0.29) is 22.2 Å². The van der Waals surface area contributed by atoms with Crippen LogP contribution in [0.4, 0.5) is 5.69 Å². The quantitative estimate of drug-likeness (QED) is 0.705. The molecule has 0 saturated carbocycles. The van der Waals surface area contributed by atoms with E-state index in [0.29, 0.717) is 24.4 Å². The van der Waals surface area contributed by atoms with Gasteiger partial charge in [-0.15, -0.1) is 0 Å². The van der Waals surface area contributed by atoms with Crippen molar-refractivity contribution in [1.29, 1.82) is 5.26 Å². The van der Waals surface area contributed by atoms with Crippen molar-refractivity contribution >= 4 is 33.2 Å². The fourth-order valence-corrected chi connectivity index (χ4v) is 4.08. The van der Waals surface area contributed by atoms with Crippen molar-refractivity contribution in [2.75, 3.05) is 25.0 Å². The van der Waals surface area contributed by atoms with Gasteiger partial charge in [-0.05, 0) is 42.5 Å². The lowest BCUT2D eigenvalue weighted by Gasteiger charge is -2.19. The van der Waals surface area contributed by atoms with Gasteiger partial charge >= 0.3 is 0 Å². The molecule has 7 nitrogen and oxygen atoms in total. The zero-order chi connectivity index (χ0) is 20.7. The van der Waals surface area contributed by atoms with E-state index in [9.17, 15) is 13.2 Å². The number of amides is 1. The number of carbonyl (C=O) groups excluding carboxylic acids is 1. The van der Waals surface area contributed by atoms with Crippen LogP contribution >= 0.6 is 11.6 Å². The largest absolute Gasteiger partial charge is 0.484 e. The number of ether oxygens (including phenoxy) is 1. The minimum absolute atomic E-state index is 0.0453. The molecule has 0 aliphatic rings. The second kappa shape index (κ2) is 9.55. The summed E-state index contributed by atoms with van der Waals surface area (Å²) in [6.45, 7) is 3.87. The molecule has 28 heavy (non-hydrogen) atoms. The minimum atomic E-state index is -3.67. The Morgan fingerprint density at radius 2 is 1.82 bits per heavy atom. The van der Waals surface area contributed by atoms with Crippen LogP contribution in [-0.4, -0.2) is 38.3 Å². The first-order valence-electron chi connectivity index (χ1n) is 8.54. The maximum absolute atomic E-state index is 12.6. The molecule has 0 aliphatic heterocycles. The minimum Gasteiger partial charge on any atom is -0.484 e. The van der Waals surface area contributed by atoms with Crippen LogP contribution in [0.15, 0.2) is 47.4 Å². The SMILES string of the molecule is CCN(CC)S(=O)(=O)c1ccc(Cl)c(NC(=O)COc2ccc(C#N)cc2)c1.